The van der Waals surface area contributed by atoms with Crippen molar-refractivity contribution in [1.29, 1.82) is 5.26 Å². The zero-order valence-electron chi connectivity index (χ0n) is 19.5. The van der Waals surface area contributed by atoms with Gasteiger partial charge in [0.2, 0.25) is 0 Å². The number of nitrogens with zero attached hydrogens (tertiary/aromatic N) is 3. The topological polar surface area (TPSA) is 67.5 Å². The van der Waals surface area contributed by atoms with Gasteiger partial charge in [-0.1, -0.05) is 6.07 Å². The summed E-state index contributed by atoms with van der Waals surface area (Å²) in [6.07, 6.45) is 1.14. The third kappa shape index (κ3) is 3.50. The van der Waals surface area contributed by atoms with Crippen LogP contribution in [0.25, 0.3) is 5.69 Å². The maximum absolute atomic E-state index is 14.7. The number of para-hydroxylation sites is 1. The SMILES string of the molecule is Cc1cc(C(=O)N2CCC3(CC2)Oc2cccc(F)c2-n2c(C#N)ccc23)ccc1OC(C)C. The molecule has 0 radical (unpaired) electrons. The third-order valence-corrected chi connectivity index (χ3v) is 6.58. The number of hydrogen-bond donors (Lipinski definition) is 0. The molecule has 3 heterocycles. The maximum Gasteiger partial charge on any atom is 0.253 e. The fraction of sp³-hybridized carbons (Fsp3) is 0.333. The van der Waals surface area contributed by atoms with Crippen molar-refractivity contribution >= 4 is 5.91 Å². The average molecular weight is 460 g/mol. The Hall–Kier alpha value is -3.79. The fourth-order valence-electron chi connectivity index (χ4n) is 4.96. The van der Waals surface area contributed by atoms with E-state index in [0.29, 0.717) is 42.9 Å². The zero-order chi connectivity index (χ0) is 24.0. The maximum atomic E-state index is 14.7. The van der Waals surface area contributed by atoms with Crippen LogP contribution in [0.1, 0.15) is 54.0 Å². The molecule has 1 spiro atoms. The van der Waals surface area contributed by atoms with Crippen molar-refractivity contribution < 1.29 is 18.7 Å². The molecule has 2 aliphatic rings. The summed E-state index contributed by atoms with van der Waals surface area (Å²) in [4.78, 5) is 15.1. The Kier molecular flexibility index (Phi) is 5.32. The standard InChI is InChI=1S/C27H26FN3O3/c1-17(2)33-22-9-7-19(15-18(22)3)26(32)30-13-11-27(12-14-30)24-10-8-20(16-29)31(24)25-21(28)5-4-6-23(25)34-27/h4-10,15,17H,11-14H2,1-3H3. The van der Waals surface area contributed by atoms with E-state index in [2.05, 4.69) is 6.07 Å². The lowest BCUT2D eigenvalue weighted by molar-refractivity contribution is -0.00978. The third-order valence-electron chi connectivity index (χ3n) is 6.58. The van der Waals surface area contributed by atoms with Gasteiger partial charge < -0.3 is 14.4 Å². The van der Waals surface area contributed by atoms with Crippen molar-refractivity contribution in [3.63, 3.8) is 0 Å². The number of benzene rings is 2. The van der Waals surface area contributed by atoms with Gasteiger partial charge in [0.05, 0.1) is 11.8 Å². The van der Waals surface area contributed by atoms with Gasteiger partial charge in [-0.3, -0.25) is 9.36 Å². The van der Waals surface area contributed by atoms with Crippen LogP contribution in [0.4, 0.5) is 4.39 Å². The quantitative estimate of drug-likeness (QED) is 0.546. The molecule has 0 bridgehead atoms. The molecule has 174 valence electrons. The summed E-state index contributed by atoms with van der Waals surface area (Å²) in [7, 11) is 0. The number of aryl methyl sites for hydroxylation is 1. The van der Waals surface area contributed by atoms with Gasteiger partial charge in [0.1, 0.15) is 28.9 Å². The number of rotatable bonds is 3. The van der Waals surface area contributed by atoms with Crippen molar-refractivity contribution in [2.24, 2.45) is 0 Å². The van der Waals surface area contributed by atoms with Crippen LogP contribution in [-0.4, -0.2) is 34.6 Å². The summed E-state index contributed by atoms with van der Waals surface area (Å²) < 4.78 is 28.6. The highest BCUT2D eigenvalue weighted by Crippen LogP contribution is 2.46. The molecule has 0 atom stereocenters. The molecule has 7 heteroatoms. The van der Waals surface area contributed by atoms with Gasteiger partial charge >= 0.3 is 0 Å². The molecule has 2 aliphatic heterocycles. The van der Waals surface area contributed by atoms with E-state index in [0.717, 1.165) is 17.0 Å². The monoisotopic (exact) mass is 459 g/mol. The number of nitriles is 1. The molecule has 1 fully saturated rings. The number of likely N-dealkylation sites (tertiary alicyclic amines) is 1. The van der Waals surface area contributed by atoms with Gasteiger partial charge in [-0.05, 0) is 68.8 Å². The molecule has 0 N–H and O–H groups in total. The summed E-state index contributed by atoms with van der Waals surface area (Å²) in [6.45, 7) is 6.85. The van der Waals surface area contributed by atoms with Crippen LogP contribution in [0.5, 0.6) is 11.5 Å². The van der Waals surface area contributed by atoms with E-state index < -0.39 is 11.4 Å². The molecule has 1 amide bonds. The van der Waals surface area contributed by atoms with Crippen molar-refractivity contribution in [1.82, 2.24) is 9.47 Å². The van der Waals surface area contributed by atoms with Crippen LogP contribution in [-0.2, 0) is 5.60 Å². The Morgan fingerprint density at radius 3 is 2.62 bits per heavy atom. The Morgan fingerprint density at radius 2 is 1.94 bits per heavy atom. The number of hydrogen-bond acceptors (Lipinski definition) is 4. The van der Waals surface area contributed by atoms with Crippen molar-refractivity contribution in [3.05, 3.63) is 76.9 Å². The van der Waals surface area contributed by atoms with E-state index in [4.69, 9.17) is 9.47 Å². The van der Waals surface area contributed by atoms with Crippen LogP contribution in [0.3, 0.4) is 0 Å². The lowest BCUT2D eigenvalue weighted by atomic mass is 9.86. The zero-order valence-corrected chi connectivity index (χ0v) is 19.5. The summed E-state index contributed by atoms with van der Waals surface area (Å²) in [5.74, 6) is 0.717. The first-order valence-electron chi connectivity index (χ1n) is 11.5. The number of ether oxygens (including phenoxy) is 2. The highest BCUT2D eigenvalue weighted by molar-refractivity contribution is 5.94. The highest BCUT2D eigenvalue weighted by Gasteiger charge is 2.46. The molecule has 0 unspecified atom stereocenters. The lowest BCUT2D eigenvalue weighted by Crippen LogP contribution is -2.50. The van der Waals surface area contributed by atoms with Gasteiger partial charge in [-0.2, -0.15) is 5.26 Å². The predicted octanol–water partition coefficient (Wildman–Crippen LogP) is 5.11. The number of piperidine rings is 1. The summed E-state index contributed by atoms with van der Waals surface area (Å²) >= 11 is 0. The van der Waals surface area contributed by atoms with Crippen LogP contribution >= 0.6 is 0 Å². The van der Waals surface area contributed by atoms with E-state index in [1.807, 2.05) is 43.9 Å². The molecule has 6 nitrogen and oxygen atoms in total. The Balaban J connectivity index is 1.40. The van der Waals surface area contributed by atoms with Crippen LogP contribution < -0.4 is 9.47 Å². The molecule has 3 aromatic rings. The van der Waals surface area contributed by atoms with Gasteiger partial charge in [-0.25, -0.2) is 4.39 Å². The average Bonchev–Trinajstić information content (AvgIpc) is 3.25. The van der Waals surface area contributed by atoms with Gasteiger partial charge in [0.15, 0.2) is 11.4 Å². The largest absolute Gasteiger partial charge is 0.491 e. The molecule has 1 saturated heterocycles. The van der Waals surface area contributed by atoms with Gasteiger partial charge in [0.25, 0.3) is 5.91 Å². The van der Waals surface area contributed by atoms with Gasteiger partial charge in [-0.15, -0.1) is 0 Å². The van der Waals surface area contributed by atoms with Crippen LogP contribution in [0, 0.1) is 24.1 Å². The second-order valence-electron chi connectivity index (χ2n) is 9.17. The van der Waals surface area contributed by atoms with Crippen LogP contribution in [0.2, 0.25) is 0 Å². The Bertz CT molecular complexity index is 1310. The number of halogens is 1. The smallest absolute Gasteiger partial charge is 0.253 e. The first-order valence-corrected chi connectivity index (χ1v) is 11.5. The molecule has 34 heavy (non-hydrogen) atoms. The number of carbonyl (C=O) groups is 1. The Morgan fingerprint density at radius 1 is 1.18 bits per heavy atom. The number of carbonyl (C=O) groups excluding carboxylic acids is 1. The lowest BCUT2D eigenvalue weighted by Gasteiger charge is -2.45. The molecule has 0 saturated carbocycles. The van der Waals surface area contributed by atoms with Crippen LogP contribution in [0.15, 0.2) is 48.5 Å². The van der Waals surface area contributed by atoms with E-state index in [1.54, 1.807) is 28.8 Å². The summed E-state index contributed by atoms with van der Waals surface area (Å²) in [5, 5.41) is 9.62. The first-order chi connectivity index (χ1) is 16.3. The molecular formula is C27H26FN3O3. The van der Waals surface area contributed by atoms with Crippen molar-refractivity contribution in [2.45, 2.75) is 45.3 Å². The van der Waals surface area contributed by atoms with E-state index in [1.165, 1.54) is 6.07 Å². The summed E-state index contributed by atoms with van der Waals surface area (Å²) in [5.41, 5.74) is 2.20. The molecule has 0 aliphatic carbocycles. The van der Waals surface area contributed by atoms with E-state index in [-0.39, 0.29) is 17.7 Å². The highest BCUT2D eigenvalue weighted by atomic mass is 19.1. The minimum absolute atomic E-state index is 0.0376. The van der Waals surface area contributed by atoms with Gasteiger partial charge in [0, 0.05) is 31.5 Å². The number of aromatic nitrogens is 1. The minimum atomic E-state index is -0.725. The second-order valence-corrected chi connectivity index (χ2v) is 9.17. The number of amides is 1. The molecular weight excluding hydrogens is 433 g/mol. The molecule has 2 aromatic carbocycles. The second kappa shape index (κ2) is 8.21. The summed E-state index contributed by atoms with van der Waals surface area (Å²) in [6, 6.07) is 15.9. The molecule has 5 rings (SSSR count). The normalized spacial score (nSPS) is 15.9. The van der Waals surface area contributed by atoms with Crippen molar-refractivity contribution in [3.8, 4) is 23.3 Å². The fourth-order valence-corrected chi connectivity index (χ4v) is 4.96. The first kappa shape index (κ1) is 22.0. The van der Waals surface area contributed by atoms with Crippen molar-refractivity contribution in [2.75, 3.05) is 13.1 Å². The molecule has 1 aromatic heterocycles. The predicted molar refractivity (Wildman–Crippen MR) is 125 cm³/mol. The van der Waals surface area contributed by atoms with E-state index in [9.17, 15) is 14.4 Å². The van der Waals surface area contributed by atoms with E-state index >= 15 is 0 Å². The Labute approximate surface area is 198 Å². The minimum Gasteiger partial charge on any atom is -0.491 e. The number of fused-ring (bicyclic) bond motifs is 4.